The first kappa shape index (κ1) is 13.8. The van der Waals surface area contributed by atoms with Gasteiger partial charge in [-0.15, -0.1) is 0 Å². The number of hydrogen-bond acceptors (Lipinski definition) is 3. The predicted molar refractivity (Wildman–Crippen MR) is 82.8 cm³/mol. The van der Waals surface area contributed by atoms with Crippen LogP contribution >= 0.6 is 15.9 Å². The van der Waals surface area contributed by atoms with E-state index in [1.165, 1.54) is 22.3 Å². The molecule has 0 aromatic heterocycles. The lowest BCUT2D eigenvalue weighted by atomic mass is 9.96. The van der Waals surface area contributed by atoms with Crippen LogP contribution in [-0.2, 0) is 24.4 Å². The Labute approximate surface area is 127 Å². The van der Waals surface area contributed by atoms with Gasteiger partial charge in [-0.3, -0.25) is 11.3 Å². The molecule has 3 nitrogen and oxygen atoms in total. The second kappa shape index (κ2) is 6.06. The Kier molecular flexibility index (Phi) is 4.17. The summed E-state index contributed by atoms with van der Waals surface area (Å²) < 4.78 is 6.58. The number of hydrazine groups is 1. The van der Waals surface area contributed by atoms with E-state index in [1.54, 1.807) is 0 Å². The Morgan fingerprint density at radius 3 is 2.75 bits per heavy atom. The van der Waals surface area contributed by atoms with E-state index in [0.29, 0.717) is 6.61 Å². The van der Waals surface area contributed by atoms with Crippen molar-refractivity contribution < 1.29 is 4.74 Å². The lowest BCUT2D eigenvalue weighted by Crippen LogP contribution is -2.29. The molecule has 0 amide bonds. The van der Waals surface area contributed by atoms with Crippen LogP contribution in [0.3, 0.4) is 0 Å². The minimum Gasteiger partial charge on any atom is -0.372 e. The van der Waals surface area contributed by atoms with Crippen molar-refractivity contribution in [3.05, 3.63) is 69.2 Å². The molecule has 0 radical (unpaired) electrons. The summed E-state index contributed by atoms with van der Waals surface area (Å²) >= 11 is 3.59. The summed E-state index contributed by atoms with van der Waals surface area (Å²) in [6.07, 6.45) is 0.845. The van der Waals surface area contributed by atoms with Gasteiger partial charge in [0.25, 0.3) is 0 Å². The fraction of sp³-hybridized carbons (Fsp3) is 0.250. The maximum absolute atomic E-state index is 5.75. The molecule has 0 saturated heterocycles. The zero-order valence-corrected chi connectivity index (χ0v) is 12.7. The highest BCUT2D eigenvalue weighted by Gasteiger charge is 2.16. The van der Waals surface area contributed by atoms with Crippen LogP contribution in [0, 0.1) is 0 Å². The maximum atomic E-state index is 5.75. The molecular weight excluding hydrogens is 316 g/mol. The molecule has 2 aromatic rings. The van der Waals surface area contributed by atoms with E-state index in [2.05, 4.69) is 51.7 Å². The van der Waals surface area contributed by atoms with E-state index < -0.39 is 0 Å². The molecule has 1 atom stereocenters. The molecule has 0 spiro atoms. The summed E-state index contributed by atoms with van der Waals surface area (Å²) in [6.45, 7) is 1.43. The highest BCUT2D eigenvalue weighted by Crippen LogP contribution is 2.27. The molecule has 0 fully saturated rings. The van der Waals surface area contributed by atoms with Crippen LogP contribution in [0.5, 0.6) is 0 Å². The molecule has 4 heteroatoms. The van der Waals surface area contributed by atoms with E-state index in [4.69, 9.17) is 10.6 Å². The van der Waals surface area contributed by atoms with Crippen LogP contribution in [-0.4, -0.2) is 0 Å². The van der Waals surface area contributed by atoms with Gasteiger partial charge >= 0.3 is 0 Å². The van der Waals surface area contributed by atoms with Crippen LogP contribution in [0.15, 0.2) is 46.9 Å². The Morgan fingerprint density at radius 2 is 1.95 bits per heavy atom. The van der Waals surface area contributed by atoms with Crippen LogP contribution in [0.1, 0.15) is 28.3 Å². The fourth-order valence-corrected chi connectivity index (χ4v) is 3.01. The third-order valence-corrected chi connectivity index (χ3v) is 4.50. The lowest BCUT2D eigenvalue weighted by Gasteiger charge is -2.18. The zero-order valence-electron chi connectivity index (χ0n) is 11.1. The van der Waals surface area contributed by atoms with Gasteiger partial charge in [-0.05, 0) is 34.7 Å². The first-order chi connectivity index (χ1) is 9.78. The summed E-state index contributed by atoms with van der Waals surface area (Å²) in [5.41, 5.74) is 7.92. The Bertz CT molecular complexity index is 615. The fourth-order valence-electron chi connectivity index (χ4n) is 2.57. The van der Waals surface area contributed by atoms with Gasteiger partial charge in [0.2, 0.25) is 0 Å². The molecule has 3 N–H and O–H groups in total. The van der Waals surface area contributed by atoms with Gasteiger partial charge in [0.05, 0.1) is 19.3 Å². The van der Waals surface area contributed by atoms with Crippen LogP contribution in [0.4, 0.5) is 0 Å². The van der Waals surface area contributed by atoms with Gasteiger partial charge in [-0.25, -0.2) is 0 Å². The van der Waals surface area contributed by atoms with Crippen molar-refractivity contribution in [1.29, 1.82) is 0 Å². The standard InChI is InChI=1S/C16H17BrN2O/c17-15-4-2-1-3-11(15)8-16(19-18)12-5-6-13-9-20-10-14(13)7-12/h1-7,16,19H,8-10,18H2. The normalized spacial score (nSPS) is 15.1. The largest absolute Gasteiger partial charge is 0.372 e. The van der Waals surface area contributed by atoms with Gasteiger partial charge in [-0.2, -0.15) is 0 Å². The first-order valence-electron chi connectivity index (χ1n) is 6.67. The van der Waals surface area contributed by atoms with Crippen molar-refractivity contribution in [2.45, 2.75) is 25.7 Å². The van der Waals surface area contributed by atoms with Crippen molar-refractivity contribution in [1.82, 2.24) is 5.43 Å². The smallest absolute Gasteiger partial charge is 0.0725 e. The zero-order chi connectivity index (χ0) is 13.9. The number of nitrogens with two attached hydrogens (primary N) is 1. The van der Waals surface area contributed by atoms with Crippen molar-refractivity contribution >= 4 is 15.9 Å². The molecule has 3 rings (SSSR count). The second-order valence-corrected chi connectivity index (χ2v) is 5.89. The first-order valence-corrected chi connectivity index (χ1v) is 7.46. The third kappa shape index (κ3) is 2.79. The van der Waals surface area contributed by atoms with Gasteiger partial charge in [0.15, 0.2) is 0 Å². The number of nitrogens with one attached hydrogen (secondary N) is 1. The Morgan fingerprint density at radius 1 is 1.15 bits per heavy atom. The summed E-state index contributed by atoms with van der Waals surface area (Å²) in [7, 11) is 0. The number of fused-ring (bicyclic) bond motifs is 1. The Balaban J connectivity index is 1.85. The van der Waals surface area contributed by atoms with Crippen molar-refractivity contribution in [2.75, 3.05) is 0 Å². The van der Waals surface area contributed by atoms with E-state index in [-0.39, 0.29) is 6.04 Å². The van der Waals surface area contributed by atoms with E-state index in [0.717, 1.165) is 17.5 Å². The number of hydrogen-bond donors (Lipinski definition) is 2. The molecule has 0 aliphatic carbocycles. The summed E-state index contributed by atoms with van der Waals surface area (Å²) in [4.78, 5) is 0. The molecule has 0 saturated carbocycles. The van der Waals surface area contributed by atoms with E-state index in [9.17, 15) is 0 Å². The van der Waals surface area contributed by atoms with E-state index in [1.807, 2.05) is 12.1 Å². The Hall–Kier alpha value is -1.20. The monoisotopic (exact) mass is 332 g/mol. The number of benzene rings is 2. The summed E-state index contributed by atoms with van der Waals surface area (Å²) in [5.74, 6) is 5.75. The molecule has 1 aliphatic rings. The lowest BCUT2D eigenvalue weighted by molar-refractivity contribution is 0.134. The van der Waals surface area contributed by atoms with Gasteiger partial charge in [0, 0.05) is 4.47 Å². The number of halogens is 1. The van der Waals surface area contributed by atoms with Crippen LogP contribution < -0.4 is 11.3 Å². The molecule has 1 unspecified atom stereocenters. The van der Waals surface area contributed by atoms with Crippen LogP contribution in [0.25, 0.3) is 0 Å². The highest BCUT2D eigenvalue weighted by molar-refractivity contribution is 9.10. The SMILES string of the molecule is NNC(Cc1ccccc1Br)c1ccc2c(c1)COC2. The quantitative estimate of drug-likeness (QED) is 0.667. The third-order valence-electron chi connectivity index (χ3n) is 3.73. The molecule has 1 heterocycles. The topological polar surface area (TPSA) is 47.3 Å². The molecule has 2 aromatic carbocycles. The molecule has 0 bridgehead atoms. The number of ether oxygens (including phenoxy) is 1. The van der Waals surface area contributed by atoms with Gasteiger partial charge in [0.1, 0.15) is 0 Å². The average molecular weight is 333 g/mol. The summed E-state index contributed by atoms with van der Waals surface area (Å²) in [5, 5.41) is 0. The molecule has 20 heavy (non-hydrogen) atoms. The van der Waals surface area contributed by atoms with Crippen molar-refractivity contribution in [3.63, 3.8) is 0 Å². The molecular formula is C16H17BrN2O. The van der Waals surface area contributed by atoms with Crippen molar-refractivity contribution in [3.8, 4) is 0 Å². The predicted octanol–water partition coefficient (Wildman–Crippen LogP) is 3.23. The van der Waals surface area contributed by atoms with E-state index >= 15 is 0 Å². The minimum absolute atomic E-state index is 0.0969. The molecule has 1 aliphatic heterocycles. The summed E-state index contributed by atoms with van der Waals surface area (Å²) in [6, 6.07) is 14.8. The number of rotatable bonds is 4. The minimum atomic E-state index is 0.0969. The van der Waals surface area contributed by atoms with Gasteiger partial charge in [-0.1, -0.05) is 52.3 Å². The van der Waals surface area contributed by atoms with Gasteiger partial charge < -0.3 is 4.74 Å². The molecule has 104 valence electrons. The maximum Gasteiger partial charge on any atom is 0.0725 e. The van der Waals surface area contributed by atoms with Crippen molar-refractivity contribution in [2.24, 2.45) is 5.84 Å². The second-order valence-electron chi connectivity index (χ2n) is 5.04. The highest BCUT2D eigenvalue weighted by atomic mass is 79.9. The average Bonchev–Trinajstić information content (AvgIpc) is 2.94. The van der Waals surface area contributed by atoms with Crippen LogP contribution in [0.2, 0.25) is 0 Å².